The molecule has 1 aromatic rings. The molecule has 0 bridgehead atoms. The highest BCUT2D eigenvalue weighted by Gasteiger charge is 2.10. The summed E-state index contributed by atoms with van der Waals surface area (Å²) in [7, 11) is 0. The number of nitrogens with zero attached hydrogens (tertiary/aromatic N) is 2. The first-order valence-electron chi connectivity index (χ1n) is 5.24. The Kier molecular flexibility index (Phi) is 4.06. The summed E-state index contributed by atoms with van der Waals surface area (Å²) in [6.45, 7) is 8.81. The van der Waals surface area contributed by atoms with E-state index in [1.165, 1.54) is 6.33 Å². The Morgan fingerprint density at radius 3 is 2.56 bits per heavy atom. The van der Waals surface area contributed by atoms with Crippen LogP contribution in [0.15, 0.2) is 6.33 Å². The van der Waals surface area contributed by atoms with Crippen LogP contribution in [0.4, 0.5) is 5.82 Å². The molecular formula is C11H19N3O2. The van der Waals surface area contributed by atoms with Crippen molar-refractivity contribution in [1.29, 1.82) is 0 Å². The summed E-state index contributed by atoms with van der Waals surface area (Å²) >= 11 is 0. The lowest BCUT2D eigenvalue weighted by atomic mass is 10.2. The molecule has 0 saturated heterocycles. The van der Waals surface area contributed by atoms with Crippen molar-refractivity contribution < 1.29 is 9.47 Å². The van der Waals surface area contributed by atoms with Gasteiger partial charge in [0.2, 0.25) is 5.88 Å². The summed E-state index contributed by atoms with van der Waals surface area (Å²) in [5.41, 5.74) is 6.24. The smallest absolute Gasteiger partial charge is 0.221 e. The average molecular weight is 225 g/mol. The highest BCUT2D eigenvalue weighted by atomic mass is 16.5. The number of hydrogen-bond acceptors (Lipinski definition) is 5. The molecule has 0 saturated carbocycles. The van der Waals surface area contributed by atoms with E-state index in [0.717, 1.165) is 5.56 Å². The maximum Gasteiger partial charge on any atom is 0.221 e. The highest BCUT2D eigenvalue weighted by Crippen LogP contribution is 2.17. The van der Waals surface area contributed by atoms with Gasteiger partial charge in [-0.2, -0.15) is 0 Å². The molecule has 1 aromatic heterocycles. The number of anilines is 1. The minimum Gasteiger partial charge on any atom is -0.475 e. The minimum absolute atomic E-state index is 0.150. The zero-order valence-electron chi connectivity index (χ0n) is 10.3. The molecule has 0 amide bonds. The second-order valence-corrected chi connectivity index (χ2v) is 4.50. The van der Waals surface area contributed by atoms with E-state index in [0.29, 0.717) is 24.9 Å². The zero-order chi connectivity index (χ0) is 12.2. The lowest BCUT2D eigenvalue weighted by Crippen LogP contribution is -2.22. The molecule has 0 spiro atoms. The summed E-state index contributed by atoms with van der Waals surface area (Å²) < 4.78 is 11.0. The van der Waals surface area contributed by atoms with Gasteiger partial charge < -0.3 is 15.2 Å². The maximum absolute atomic E-state index is 5.63. The lowest BCUT2D eigenvalue weighted by Gasteiger charge is -2.19. The molecule has 0 fully saturated rings. The molecule has 0 unspecified atom stereocenters. The maximum atomic E-state index is 5.63. The lowest BCUT2D eigenvalue weighted by molar-refractivity contribution is -0.0168. The van der Waals surface area contributed by atoms with Gasteiger partial charge in [0, 0.05) is 0 Å². The number of hydrogen-bond donors (Lipinski definition) is 1. The molecule has 1 heterocycles. The van der Waals surface area contributed by atoms with Crippen LogP contribution in [0.2, 0.25) is 0 Å². The quantitative estimate of drug-likeness (QED) is 0.787. The first kappa shape index (κ1) is 12.7. The number of rotatable bonds is 4. The van der Waals surface area contributed by atoms with Crippen molar-refractivity contribution >= 4 is 5.82 Å². The molecule has 0 aliphatic carbocycles. The Balaban J connectivity index is 2.41. The van der Waals surface area contributed by atoms with Crippen LogP contribution in [-0.4, -0.2) is 28.8 Å². The van der Waals surface area contributed by atoms with Gasteiger partial charge in [0.1, 0.15) is 18.8 Å². The second-order valence-electron chi connectivity index (χ2n) is 4.50. The molecular weight excluding hydrogens is 206 g/mol. The van der Waals surface area contributed by atoms with Crippen LogP contribution < -0.4 is 10.5 Å². The Bertz CT molecular complexity index is 348. The highest BCUT2D eigenvalue weighted by molar-refractivity contribution is 5.42. The minimum atomic E-state index is -0.150. The standard InChI is InChI=1S/C11H19N3O2/c1-8-9(12)13-7-14-10(8)15-5-6-16-11(2,3)4/h7H,5-6H2,1-4H3,(H2,12,13,14). The molecule has 5 heteroatoms. The molecule has 0 aliphatic rings. The Morgan fingerprint density at radius 1 is 1.25 bits per heavy atom. The fourth-order valence-corrected chi connectivity index (χ4v) is 1.08. The average Bonchev–Trinajstić information content (AvgIpc) is 2.17. The van der Waals surface area contributed by atoms with Gasteiger partial charge in [-0.3, -0.25) is 0 Å². The second kappa shape index (κ2) is 5.12. The number of nitrogens with two attached hydrogens (primary N) is 1. The molecule has 0 atom stereocenters. The molecule has 90 valence electrons. The number of ether oxygens (including phenoxy) is 2. The summed E-state index contributed by atoms with van der Waals surface area (Å²) in [5.74, 6) is 0.965. The zero-order valence-corrected chi connectivity index (χ0v) is 10.3. The molecule has 5 nitrogen and oxygen atoms in total. The van der Waals surface area contributed by atoms with Crippen LogP contribution >= 0.6 is 0 Å². The molecule has 2 N–H and O–H groups in total. The summed E-state index contributed by atoms with van der Waals surface area (Å²) in [6.07, 6.45) is 1.39. The first-order chi connectivity index (χ1) is 7.40. The van der Waals surface area contributed by atoms with E-state index in [4.69, 9.17) is 15.2 Å². The molecule has 1 rings (SSSR count). The van der Waals surface area contributed by atoms with Crippen molar-refractivity contribution in [2.24, 2.45) is 0 Å². The van der Waals surface area contributed by atoms with E-state index < -0.39 is 0 Å². The van der Waals surface area contributed by atoms with Gasteiger partial charge in [-0.1, -0.05) is 0 Å². The van der Waals surface area contributed by atoms with Gasteiger partial charge in [-0.15, -0.1) is 0 Å². The largest absolute Gasteiger partial charge is 0.475 e. The van der Waals surface area contributed by atoms with Gasteiger partial charge in [-0.05, 0) is 27.7 Å². The SMILES string of the molecule is Cc1c(N)ncnc1OCCOC(C)(C)C. The molecule has 0 radical (unpaired) electrons. The number of aromatic nitrogens is 2. The van der Waals surface area contributed by atoms with E-state index in [9.17, 15) is 0 Å². The Hall–Kier alpha value is -1.36. The van der Waals surface area contributed by atoms with E-state index in [-0.39, 0.29) is 5.60 Å². The third-order valence-corrected chi connectivity index (χ3v) is 1.93. The Morgan fingerprint density at radius 2 is 1.94 bits per heavy atom. The summed E-state index contributed by atoms with van der Waals surface area (Å²) in [4.78, 5) is 7.87. The van der Waals surface area contributed by atoms with Gasteiger partial charge in [-0.25, -0.2) is 9.97 Å². The molecule has 16 heavy (non-hydrogen) atoms. The van der Waals surface area contributed by atoms with Crippen molar-refractivity contribution in [2.75, 3.05) is 18.9 Å². The van der Waals surface area contributed by atoms with Crippen molar-refractivity contribution in [2.45, 2.75) is 33.3 Å². The van der Waals surface area contributed by atoms with Crippen molar-refractivity contribution in [3.63, 3.8) is 0 Å². The van der Waals surface area contributed by atoms with Crippen LogP contribution in [0.1, 0.15) is 26.3 Å². The van der Waals surface area contributed by atoms with Crippen LogP contribution in [0, 0.1) is 6.92 Å². The Labute approximate surface area is 96.0 Å². The van der Waals surface area contributed by atoms with Gasteiger partial charge in [0.25, 0.3) is 0 Å². The van der Waals surface area contributed by atoms with Crippen LogP contribution in [0.25, 0.3) is 0 Å². The van der Waals surface area contributed by atoms with Crippen molar-refractivity contribution in [1.82, 2.24) is 9.97 Å². The predicted octanol–water partition coefficient (Wildman–Crippen LogP) is 1.56. The summed E-state index contributed by atoms with van der Waals surface area (Å²) in [6, 6.07) is 0. The fourth-order valence-electron chi connectivity index (χ4n) is 1.08. The van der Waals surface area contributed by atoms with Crippen molar-refractivity contribution in [3.05, 3.63) is 11.9 Å². The molecule has 0 aliphatic heterocycles. The third kappa shape index (κ3) is 4.02. The van der Waals surface area contributed by atoms with Gasteiger partial charge >= 0.3 is 0 Å². The van der Waals surface area contributed by atoms with E-state index in [1.54, 1.807) is 0 Å². The topological polar surface area (TPSA) is 70.3 Å². The first-order valence-corrected chi connectivity index (χ1v) is 5.24. The van der Waals surface area contributed by atoms with Gasteiger partial charge in [0.15, 0.2) is 0 Å². The van der Waals surface area contributed by atoms with E-state index in [1.807, 2.05) is 27.7 Å². The molecule has 0 aromatic carbocycles. The third-order valence-electron chi connectivity index (χ3n) is 1.93. The van der Waals surface area contributed by atoms with E-state index >= 15 is 0 Å². The van der Waals surface area contributed by atoms with Gasteiger partial charge in [0.05, 0.1) is 17.8 Å². The summed E-state index contributed by atoms with van der Waals surface area (Å²) in [5, 5.41) is 0. The van der Waals surface area contributed by atoms with Crippen molar-refractivity contribution in [3.8, 4) is 5.88 Å². The van der Waals surface area contributed by atoms with Crippen LogP contribution in [0.3, 0.4) is 0 Å². The monoisotopic (exact) mass is 225 g/mol. The predicted molar refractivity (Wildman–Crippen MR) is 62.4 cm³/mol. The normalized spacial score (nSPS) is 11.5. The fraction of sp³-hybridized carbons (Fsp3) is 0.636. The van der Waals surface area contributed by atoms with E-state index in [2.05, 4.69) is 9.97 Å². The van der Waals surface area contributed by atoms with Crippen LogP contribution in [0.5, 0.6) is 5.88 Å². The number of nitrogen functional groups attached to an aromatic ring is 1. The van der Waals surface area contributed by atoms with Crippen LogP contribution in [-0.2, 0) is 4.74 Å².